The fourth-order valence-corrected chi connectivity index (χ4v) is 4.11. The molecule has 1 saturated heterocycles. The minimum Gasteiger partial charge on any atom is -0.493 e. The Morgan fingerprint density at radius 1 is 1.15 bits per heavy atom. The van der Waals surface area contributed by atoms with Gasteiger partial charge in [-0.05, 0) is 43.7 Å². The van der Waals surface area contributed by atoms with Crippen molar-refractivity contribution in [1.82, 2.24) is 10.2 Å². The monoisotopic (exact) mass is 362 g/mol. The number of hydrogen-bond acceptors (Lipinski definition) is 3. The van der Waals surface area contributed by atoms with Crippen LogP contribution in [0.1, 0.15) is 51.4 Å². The van der Waals surface area contributed by atoms with Crippen LogP contribution in [0, 0.1) is 11.7 Å². The number of carbonyl (C=O) groups excluding carboxylic acids is 1. The number of nitrogens with zero attached hydrogens (tertiary/aromatic N) is 1. The van der Waals surface area contributed by atoms with Gasteiger partial charge in [-0.2, -0.15) is 0 Å². The summed E-state index contributed by atoms with van der Waals surface area (Å²) in [6.07, 6.45) is 9.35. The normalized spacial score (nSPS) is 20.0. The van der Waals surface area contributed by atoms with Gasteiger partial charge in [-0.25, -0.2) is 4.39 Å². The summed E-state index contributed by atoms with van der Waals surface area (Å²) in [4.78, 5) is 14.7. The van der Waals surface area contributed by atoms with Crippen molar-refractivity contribution in [3.8, 4) is 5.75 Å². The average molecular weight is 362 g/mol. The van der Waals surface area contributed by atoms with E-state index in [0.29, 0.717) is 12.2 Å². The first-order chi connectivity index (χ1) is 12.7. The number of likely N-dealkylation sites (tertiary alicyclic amines) is 1. The van der Waals surface area contributed by atoms with E-state index in [2.05, 4.69) is 10.2 Å². The first-order valence-electron chi connectivity index (χ1n) is 10.1. The summed E-state index contributed by atoms with van der Waals surface area (Å²) in [6, 6.07) is 6.29. The molecule has 0 bridgehead atoms. The molecule has 0 aromatic heterocycles. The van der Waals surface area contributed by atoms with Crippen LogP contribution in [-0.4, -0.2) is 43.1 Å². The van der Waals surface area contributed by atoms with Gasteiger partial charge in [0.25, 0.3) is 0 Å². The molecule has 1 aromatic rings. The Morgan fingerprint density at radius 2 is 1.92 bits per heavy atom. The molecule has 3 rings (SSSR count). The lowest BCUT2D eigenvalue weighted by Crippen LogP contribution is -2.46. The third-order valence-electron chi connectivity index (χ3n) is 5.59. The summed E-state index contributed by atoms with van der Waals surface area (Å²) in [7, 11) is 0. The standard InChI is InChI=1S/C21H31FN2O2/c22-18-7-4-8-20(15-18)26-14-11-21(25)23-19-9-12-24(13-10-19)16-17-5-2-1-3-6-17/h4,7-8,15,17,19H,1-3,5-6,9-14,16H2,(H,23,25). The summed E-state index contributed by atoms with van der Waals surface area (Å²) in [5.74, 6) is 1.04. The van der Waals surface area contributed by atoms with E-state index >= 15 is 0 Å². The van der Waals surface area contributed by atoms with E-state index in [-0.39, 0.29) is 24.4 Å². The number of piperidine rings is 1. The number of hydrogen-bond donors (Lipinski definition) is 1. The summed E-state index contributed by atoms with van der Waals surface area (Å²) < 4.78 is 18.5. The number of amides is 1. The van der Waals surface area contributed by atoms with Crippen LogP contribution >= 0.6 is 0 Å². The minimum atomic E-state index is -0.327. The third kappa shape index (κ3) is 6.27. The highest BCUT2D eigenvalue weighted by Gasteiger charge is 2.23. The topological polar surface area (TPSA) is 41.6 Å². The largest absolute Gasteiger partial charge is 0.493 e. The highest BCUT2D eigenvalue weighted by atomic mass is 19.1. The number of benzene rings is 1. The van der Waals surface area contributed by atoms with Gasteiger partial charge in [0, 0.05) is 31.7 Å². The lowest BCUT2D eigenvalue weighted by atomic mass is 9.88. The van der Waals surface area contributed by atoms with Gasteiger partial charge in [0.05, 0.1) is 13.0 Å². The third-order valence-corrected chi connectivity index (χ3v) is 5.59. The number of rotatable bonds is 7. The quantitative estimate of drug-likeness (QED) is 0.803. The highest BCUT2D eigenvalue weighted by Crippen LogP contribution is 2.25. The van der Waals surface area contributed by atoms with Crippen molar-refractivity contribution in [3.05, 3.63) is 30.1 Å². The van der Waals surface area contributed by atoms with Gasteiger partial charge in [-0.15, -0.1) is 0 Å². The van der Waals surface area contributed by atoms with Crippen LogP contribution in [-0.2, 0) is 4.79 Å². The van der Waals surface area contributed by atoms with E-state index in [1.807, 2.05) is 0 Å². The smallest absolute Gasteiger partial charge is 0.223 e. The van der Waals surface area contributed by atoms with Gasteiger partial charge in [0.15, 0.2) is 0 Å². The predicted octanol–water partition coefficient (Wildman–Crippen LogP) is 3.76. The Balaban J connectivity index is 1.29. The molecule has 1 saturated carbocycles. The van der Waals surface area contributed by atoms with E-state index in [1.54, 1.807) is 12.1 Å². The zero-order chi connectivity index (χ0) is 18.2. The molecule has 1 aliphatic heterocycles. The maximum Gasteiger partial charge on any atom is 0.223 e. The van der Waals surface area contributed by atoms with Gasteiger partial charge in [-0.1, -0.05) is 25.3 Å². The van der Waals surface area contributed by atoms with E-state index in [0.717, 1.165) is 31.8 Å². The van der Waals surface area contributed by atoms with Crippen molar-refractivity contribution in [3.63, 3.8) is 0 Å². The lowest BCUT2D eigenvalue weighted by Gasteiger charge is -2.35. The predicted molar refractivity (Wildman–Crippen MR) is 101 cm³/mol. The molecule has 26 heavy (non-hydrogen) atoms. The van der Waals surface area contributed by atoms with Gasteiger partial charge < -0.3 is 15.0 Å². The molecule has 144 valence electrons. The van der Waals surface area contributed by atoms with Gasteiger partial charge >= 0.3 is 0 Å². The second kappa shape index (κ2) is 9.91. The average Bonchev–Trinajstić information content (AvgIpc) is 2.64. The number of carbonyl (C=O) groups is 1. The van der Waals surface area contributed by atoms with Gasteiger partial charge in [0.2, 0.25) is 5.91 Å². The lowest BCUT2D eigenvalue weighted by molar-refractivity contribution is -0.122. The molecule has 1 heterocycles. The molecule has 1 N–H and O–H groups in total. The zero-order valence-corrected chi connectivity index (χ0v) is 15.6. The molecule has 0 spiro atoms. The van der Waals surface area contributed by atoms with Crippen molar-refractivity contribution in [2.45, 2.75) is 57.4 Å². The SMILES string of the molecule is O=C(CCOc1cccc(F)c1)NC1CCN(CC2CCCCC2)CC1. The number of nitrogens with one attached hydrogen (secondary N) is 1. The van der Waals surface area contributed by atoms with E-state index in [1.165, 1.54) is 50.8 Å². The molecule has 0 unspecified atom stereocenters. The molecule has 1 amide bonds. The van der Waals surface area contributed by atoms with Crippen molar-refractivity contribution >= 4 is 5.91 Å². The van der Waals surface area contributed by atoms with Crippen LogP contribution in [0.25, 0.3) is 0 Å². The van der Waals surface area contributed by atoms with Gasteiger partial charge in [0.1, 0.15) is 11.6 Å². The van der Waals surface area contributed by atoms with E-state index in [9.17, 15) is 9.18 Å². The number of ether oxygens (including phenoxy) is 1. The minimum absolute atomic E-state index is 0.0205. The van der Waals surface area contributed by atoms with Crippen molar-refractivity contribution in [1.29, 1.82) is 0 Å². The Bertz CT molecular complexity index is 567. The summed E-state index contributed by atoms with van der Waals surface area (Å²) in [5.41, 5.74) is 0. The first-order valence-corrected chi connectivity index (χ1v) is 10.1. The highest BCUT2D eigenvalue weighted by molar-refractivity contribution is 5.76. The van der Waals surface area contributed by atoms with Crippen molar-refractivity contribution in [2.75, 3.05) is 26.2 Å². The van der Waals surface area contributed by atoms with Crippen LogP contribution in [0.15, 0.2) is 24.3 Å². The Kier molecular flexibility index (Phi) is 7.30. The molecule has 1 aromatic carbocycles. The molecule has 5 heteroatoms. The van der Waals surface area contributed by atoms with Gasteiger partial charge in [-0.3, -0.25) is 4.79 Å². The molecule has 2 fully saturated rings. The second-order valence-electron chi connectivity index (χ2n) is 7.70. The zero-order valence-electron chi connectivity index (χ0n) is 15.6. The summed E-state index contributed by atoms with van der Waals surface area (Å²) in [6.45, 7) is 3.68. The van der Waals surface area contributed by atoms with Crippen LogP contribution in [0.2, 0.25) is 0 Å². The molecule has 4 nitrogen and oxygen atoms in total. The molecule has 2 aliphatic rings. The van der Waals surface area contributed by atoms with Crippen molar-refractivity contribution in [2.24, 2.45) is 5.92 Å². The van der Waals surface area contributed by atoms with Crippen LogP contribution in [0.3, 0.4) is 0 Å². The molecular formula is C21H31FN2O2. The van der Waals surface area contributed by atoms with Crippen molar-refractivity contribution < 1.29 is 13.9 Å². The fraction of sp³-hybridized carbons (Fsp3) is 0.667. The Hall–Kier alpha value is -1.62. The fourth-order valence-electron chi connectivity index (χ4n) is 4.11. The van der Waals surface area contributed by atoms with Crippen LogP contribution in [0.4, 0.5) is 4.39 Å². The maximum absolute atomic E-state index is 13.1. The van der Waals surface area contributed by atoms with Crippen LogP contribution in [0.5, 0.6) is 5.75 Å². The molecular weight excluding hydrogens is 331 g/mol. The number of halogens is 1. The summed E-state index contributed by atoms with van der Waals surface area (Å²) in [5, 5.41) is 3.12. The Labute approximate surface area is 156 Å². The Morgan fingerprint density at radius 3 is 2.65 bits per heavy atom. The molecule has 0 radical (unpaired) electrons. The van der Waals surface area contributed by atoms with Crippen LogP contribution < -0.4 is 10.1 Å². The van der Waals surface area contributed by atoms with E-state index < -0.39 is 0 Å². The van der Waals surface area contributed by atoms with E-state index in [4.69, 9.17) is 4.74 Å². The molecule has 0 atom stereocenters. The summed E-state index contributed by atoms with van der Waals surface area (Å²) >= 11 is 0. The first kappa shape index (κ1) is 19.2. The molecule has 1 aliphatic carbocycles. The second-order valence-corrected chi connectivity index (χ2v) is 7.70. The maximum atomic E-state index is 13.1.